The fourth-order valence-electron chi connectivity index (χ4n) is 3.06. The molecule has 4 heteroatoms. The van der Waals surface area contributed by atoms with Gasteiger partial charge in [0, 0.05) is 32.7 Å². The number of para-hydroxylation sites is 1. The molecule has 0 bridgehead atoms. The lowest BCUT2D eigenvalue weighted by molar-refractivity contribution is -0.139. The number of ether oxygens (including phenoxy) is 1. The van der Waals surface area contributed by atoms with Crippen LogP contribution in [0.25, 0.3) is 6.08 Å². The highest BCUT2D eigenvalue weighted by Crippen LogP contribution is 2.13. The number of hydrogen-bond donors (Lipinski definition) is 0. The monoisotopic (exact) mass is 350 g/mol. The summed E-state index contributed by atoms with van der Waals surface area (Å²) in [7, 11) is 0. The van der Waals surface area contributed by atoms with Gasteiger partial charge in [-0.15, -0.1) is 0 Å². The van der Waals surface area contributed by atoms with Crippen LogP contribution in [0.1, 0.15) is 12.5 Å². The van der Waals surface area contributed by atoms with Crippen molar-refractivity contribution >= 4 is 12.0 Å². The van der Waals surface area contributed by atoms with E-state index in [9.17, 15) is 4.79 Å². The van der Waals surface area contributed by atoms with Crippen molar-refractivity contribution in [3.05, 3.63) is 72.3 Å². The van der Waals surface area contributed by atoms with Gasteiger partial charge in [-0.2, -0.15) is 0 Å². The zero-order valence-electron chi connectivity index (χ0n) is 15.3. The zero-order valence-corrected chi connectivity index (χ0v) is 15.3. The molecule has 0 aliphatic carbocycles. The zero-order chi connectivity index (χ0) is 18.2. The van der Waals surface area contributed by atoms with Crippen molar-refractivity contribution in [3.63, 3.8) is 0 Å². The van der Waals surface area contributed by atoms with Gasteiger partial charge in [-0.1, -0.05) is 60.7 Å². The Morgan fingerprint density at radius 2 is 1.62 bits per heavy atom. The molecule has 1 aliphatic rings. The highest BCUT2D eigenvalue weighted by molar-refractivity contribution is 5.81. The van der Waals surface area contributed by atoms with Gasteiger partial charge in [-0.25, -0.2) is 0 Å². The molecule has 136 valence electrons. The largest absolute Gasteiger partial charge is 0.481 e. The molecule has 0 aromatic heterocycles. The van der Waals surface area contributed by atoms with E-state index in [1.54, 1.807) is 0 Å². The van der Waals surface area contributed by atoms with Gasteiger partial charge in [0.25, 0.3) is 5.91 Å². The van der Waals surface area contributed by atoms with Crippen LogP contribution in [-0.2, 0) is 4.79 Å². The summed E-state index contributed by atoms with van der Waals surface area (Å²) in [5.74, 6) is 0.798. The molecule has 1 amide bonds. The molecule has 0 spiro atoms. The average molecular weight is 350 g/mol. The van der Waals surface area contributed by atoms with Crippen molar-refractivity contribution in [2.75, 3.05) is 32.7 Å². The summed E-state index contributed by atoms with van der Waals surface area (Å²) >= 11 is 0. The molecule has 2 aromatic rings. The predicted molar refractivity (Wildman–Crippen MR) is 105 cm³/mol. The lowest BCUT2D eigenvalue weighted by Gasteiger charge is -2.35. The first-order valence-electron chi connectivity index (χ1n) is 9.17. The molecule has 3 rings (SSSR count). The second kappa shape index (κ2) is 9.20. The first-order valence-corrected chi connectivity index (χ1v) is 9.17. The number of carbonyl (C=O) groups excluding carboxylic acids is 1. The Labute approximate surface area is 155 Å². The number of amides is 1. The molecule has 1 fully saturated rings. The van der Waals surface area contributed by atoms with E-state index in [1.165, 1.54) is 5.56 Å². The molecule has 0 unspecified atom stereocenters. The van der Waals surface area contributed by atoms with Crippen molar-refractivity contribution in [2.24, 2.45) is 0 Å². The highest BCUT2D eigenvalue weighted by atomic mass is 16.5. The SMILES string of the molecule is C[C@H](Oc1ccccc1)C(=O)N1CCN(C/C=C/c2ccccc2)CC1. The Bertz CT molecular complexity index is 707. The van der Waals surface area contributed by atoms with Crippen LogP contribution in [0.15, 0.2) is 66.7 Å². The van der Waals surface area contributed by atoms with Gasteiger partial charge in [-0.3, -0.25) is 9.69 Å². The first-order chi connectivity index (χ1) is 12.7. The van der Waals surface area contributed by atoms with Crippen molar-refractivity contribution in [1.82, 2.24) is 9.80 Å². The Kier molecular flexibility index (Phi) is 6.45. The summed E-state index contributed by atoms with van der Waals surface area (Å²) in [6.45, 7) is 6.02. The van der Waals surface area contributed by atoms with E-state index in [-0.39, 0.29) is 5.91 Å². The van der Waals surface area contributed by atoms with Gasteiger partial charge in [0.15, 0.2) is 6.10 Å². The summed E-state index contributed by atoms with van der Waals surface area (Å²) in [6, 6.07) is 19.8. The molecule has 2 aromatic carbocycles. The van der Waals surface area contributed by atoms with Gasteiger partial charge in [0.2, 0.25) is 0 Å². The van der Waals surface area contributed by atoms with Crippen molar-refractivity contribution in [3.8, 4) is 5.75 Å². The number of carbonyl (C=O) groups is 1. The smallest absolute Gasteiger partial charge is 0.263 e. The second-order valence-electron chi connectivity index (χ2n) is 6.51. The van der Waals surface area contributed by atoms with Crippen LogP contribution in [0.2, 0.25) is 0 Å². The molecular formula is C22H26N2O2. The Balaban J connectivity index is 1.42. The molecule has 0 radical (unpaired) electrons. The molecule has 0 saturated carbocycles. The van der Waals surface area contributed by atoms with Crippen LogP contribution >= 0.6 is 0 Å². The van der Waals surface area contributed by atoms with E-state index >= 15 is 0 Å². The fraction of sp³-hybridized carbons (Fsp3) is 0.318. The van der Waals surface area contributed by atoms with E-state index in [0.717, 1.165) is 38.5 Å². The Morgan fingerprint density at radius 3 is 2.27 bits per heavy atom. The molecule has 1 atom stereocenters. The summed E-state index contributed by atoms with van der Waals surface area (Å²) in [5.41, 5.74) is 1.22. The molecular weight excluding hydrogens is 324 g/mol. The molecule has 26 heavy (non-hydrogen) atoms. The van der Waals surface area contributed by atoms with Gasteiger partial charge in [0.1, 0.15) is 5.75 Å². The van der Waals surface area contributed by atoms with Crippen LogP contribution < -0.4 is 4.74 Å². The Morgan fingerprint density at radius 1 is 1.00 bits per heavy atom. The van der Waals surface area contributed by atoms with E-state index < -0.39 is 6.10 Å². The topological polar surface area (TPSA) is 32.8 Å². The van der Waals surface area contributed by atoms with Crippen LogP contribution in [0.4, 0.5) is 0 Å². The minimum absolute atomic E-state index is 0.0633. The third kappa shape index (κ3) is 5.20. The standard InChI is InChI=1S/C22H26N2O2/c1-19(26-21-12-6-3-7-13-21)22(25)24-17-15-23(16-18-24)14-8-11-20-9-4-2-5-10-20/h2-13,19H,14-18H2,1H3/b11-8+/t19-/m0/s1. The van der Waals surface area contributed by atoms with Crippen LogP contribution in [0.5, 0.6) is 5.75 Å². The molecule has 1 aliphatic heterocycles. The average Bonchev–Trinajstić information content (AvgIpc) is 2.69. The quantitative estimate of drug-likeness (QED) is 0.801. The molecule has 1 heterocycles. The van der Waals surface area contributed by atoms with Gasteiger partial charge in [0.05, 0.1) is 0 Å². The van der Waals surface area contributed by atoms with E-state index in [0.29, 0.717) is 0 Å². The number of benzene rings is 2. The summed E-state index contributed by atoms with van der Waals surface area (Å²) in [6.07, 6.45) is 3.88. The summed E-state index contributed by atoms with van der Waals surface area (Å²) in [5, 5.41) is 0. The normalized spacial score (nSPS) is 16.6. The van der Waals surface area contributed by atoms with Crippen molar-refractivity contribution < 1.29 is 9.53 Å². The maximum absolute atomic E-state index is 12.6. The second-order valence-corrected chi connectivity index (χ2v) is 6.51. The first kappa shape index (κ1) is 18.2. The van der Waals surface area contributed by atoms with E-state index in [2.05, 4.69) is 29.2 Å². The number of piperazine rings is 1. The van der Waals surface area contributed by atoms with Crippen LogP contribution in [0, 0.1) is 0 Å². The van der Waals surface area contributed by atoms with Crippen molar-refractivity contribution in [2.45, 2.75) is 13.0 Å². The van der Waals surface area contributed by atoms with Crippen LogP contribution in [-0.4, -0.2) is 54.5 Å². The van der Waals surface area contributed by atoms with E-state index in [1.807, 2.05) is 60.4 Å². The van der Waals surface area contributed by atoms with Gasteiger partial charge in [-0.05, 0) is 24.6 Å². The summed E-state index contributed by atoms with van der Waals surface area (Å²) < 4.78 is 5.75. The van der Waals surface area contributed by atoms with Gasteiger partial charge < -0.3 is 9.64 Å². The highest BCUT2D eigenvalue weighted by Gasteiger charge is 2.25. The minimum atomic E-state index is -0.457. The Hall–Kier alpha value is -2.59. The number of hydrogen-bond acceptors (Lipinski definition) is 3. The fourth-order valence-corrected chi connectivity index (χ4v) is 3.06. The molecule has 0 N–H and O–H groups in total. The van der Waals surface area contributed by atoms with Gasteiger partial charge >= 0.3 is 0 Å². The van der Waals surface area contributed by atoms with Crippen LogP contribution in [0.3, 0.4) is 0 Å². The number of rotatable bonds is 6. The maximum Gasteiger partial charge on any atom is 0.263 e. The number of nitrogens with zero attached hydrogens (tertiary/aromatic N) is 2. The van der Waals surface area contributed by atoms with E-state index in [4.69, 9.17) is 4.74 Å². The summed E-state index contributed by atoms with van der Waals surface area (Å²) in [4.78, 5) is 16.9. The lowest BCUT2D eigenvalue weighted by atomic mass is 10.2. The maximum atomic E-state index is 12.6. The third-order valence-electron chi connectivity index (χ3n) is 4.56. The lowest BCUT2D eigenvalue weighted by Crippen LogP contribution is -2.51. The predicted octanol–water partition coefficient (Wildman–Crippen LogP) is 3.31. The van der Waals surface area contributed by atoms with Crippen molar-refractivity contribution in [1.29, 1.82) is 0 Å². The molecule has 1 saturated heterocycles. The third-order valence-corrected chi connectivity index (χ3v) is 4.56. The molecule has 4 nitrogen and oxygen atoms in total. The minimum Gasteiger partial charge on any atom is -0.481 e.